The average Bonchev–Trinajstić information content (AvgIpc) is 3.45. The molecule has 1 amide bonds. The van der Waals surface area contributed by atoms with Gasteiger partial charge in [0.25, 0.3) is 0 Å². The van der Waals surface area contributed by atoms with Gasteiger partial charge >= 0.3 is 11.8 Å². The molecule has 140 valence electrons. The highest BCUT2D eigenvalue weighted by Crippen LogP contribution is 2.18. The molecule has 0 spiro atoms. The summed E-state index contributed by atoms with van der Waals surface area (Å²) < 4.78 is 7.04. The van der Waals surface area contributed by atoms with Gasteiger partial charge in [-0.1, -0.05) is 35.5 Å². The number of benzene rings is 2. The Kier molecular flexibility index (Phi) is 4.99. The first kappa shape index (κ1) is 17.7. The van der Waals surface area contributed by atoms with Gasteiger partial charge in [-0.2, -0.15) is 4.98 Å². The second-order valence-electron chi connectivity index (χ2n) is 6.20. The standard InChI is InChI=1S/C21H18N4O3/c26-18(15-6-2-1-3-7-15)14-22-20(27)21-23-19(24-28-21)16-8-10-17(11-9-16)25-12-4-5-13-25/h1-13,18,26H,14H2,(H,22,27)/t18-/m0/s1. The second-order valence-corrected chi connectivity index (χ2v) is 6.20. The number of carbonyl (C=O) groups is 1. The molecule has 0 aliphatic heterocycles. The van der Waals surface area contributed by atoms with E-state index >= 15 is 0 Å². The van der Waals surface area contributed by atoms with Gasteiger partial charge in [0.2, 0.25) is 5.82 Å². The van der Waals surface area contributed by atoms with Crippen LogP contribution in [0.15, 0.2) is 83.6 Å². The van der Waals surface area contributed by atoms with Crippen LogP contribution >= 0.6 is 0 Å². The summed E-state index contributed by atoms with van der Waals surface area (Å²) >= 11 is 0. The van der Waals surface area contributed by atoms with Gasteiger partial charge in [-0.05, 0) is 42.0 Å². The summed E-state index contributed by atoms with van der Waals surface area (Å²) in [6, 6.07) is 20.6. The molecule has 0 saturated carbocycles. The molecular formula is C21H18N4O3. The van der Waals surface area contributed by atoms with Crippen molar-refractivity contribution in [3.05, 3.63) is 90.6 Å². The van der Waals surface area contributed by atoms with Crippen LogP contribution in [0.3, 0.4) is 0 Å². The van der Waals surface area contributed by atoms with E-state index in [0.29, 0.717) is 5.82 Å². The minimum Gasteiger partial charge on any atom is -0.387 e. The van der Waals surface area contributed by atoms with Gasteiger partial charge in [0.15, 0.2) is 0 Å². The summed E-state index contributed by atoms with van der Waals surface area (Å²) in [5, 5.41) is 16.6. The van der Waals surface area contributed by atoms with Crippen LogP contribution < -0.4 is 5.32 Å². The lowest BCUT2D eigenvalue weighted by Gasteiger charge is -2.10. The Morgan fingerprint density at radius 2 is 1.75 bits per heavy atom. The van der Waals surface area contributed by atoms with Crippen molar-refractivity contribution >= 4 is 5.91 Å². The maximum absolute atomic E-state index is 12.2. The van der Waals surface area contributed by atoms with Crippen molar-refractivity contribution in [1.29, 1.82) is 0 Å². The van der Waals surface area contributed by atoms with Crippen LogP contribution in [-0.2, 0) is 0 Å². The summed E-state index contributed by atoms with van der Waals surface area (Å²) in [6.07, 6.45) is 3.10. The zero-order valence-electron chi connectivity index (χ0n) is 14.9. The third-order valence-electron chi connectivity index (χ3n) is 4.29. The molecule has 0 saturated heterocycles. The second kappa shape index (κ2) is 7.89. The fourth-order valence-corrected chi connectivity index (χ4v) is 2.78. The molecule has 0 radical (unpaired) electrons. The number of nitrogens with one attached hydrogen (secondary N) is 1. The molecule has 0 aliphatic rings. The van der Waals surface area contributed by atoms with Crippen molar-refractivity contribution in [3.8, 4) is 17.1 Å². The lowest BCUT2D eigenvalue weighted by molar-refractivity contribution is 0.0873. The van der Waals surface area contributed by atoms with E-state index in [1.165, 1.54) is 0 Å². The lowest BCUT2D eigenvalue weighted by Crippen LogP contribution is -2.28. The maximum atomic E-state index is 12.2. The van der Waals surface area contributed by atoms with Gasteiger partial charge < -0.3 is 19.5 Å². The molecule has 7 nitrogen and oxygen atoms in total. The predicted molar refractivity (Wildman–Crippen MR) is 103 cm³/mol. The van der Waals surface area contributed by atoms with E-state index in [-0.39, 0.29) is 12.4 Å². The van der Waals surface area contributed by atoms with Crippen molar-refractivity contribution in [2.24, 2.45) is 0 Å². The topological polar surface area (TPSA) is 93.2 Å². The normalized spacial score (nSPS) is 11.9. The Bertz CT molecular complexity index is 1040. The quantitative estimate of drug-likeness (QED) is 0.541. The number of hydrogen-bond donors (Lipinski definition) is 2. The van der Waals surface area contributed by atoms with Gasteiger partial charge in [-0.3, -0.25) is 4.79 Å². The molecular weight excluding hydrogens is 356 g/mol. The Balaban J connectivity index is 1.40. The van der Waals surface area contributed by atoms with Gasteiger partial charge in [-0.15, -0.1) is 0 Å². The molecule has 0 fully saturated rings. The highest BCUT2D eigenvalue weighted by atomic mass is 16.5. The van der Waals surface area contributed by atoms with Crippen LogP contribution in [0.2, 0.25) is 0 Å². The molecule has 0 bridgehead atoms. The first-order valence-electron chi connectivity index (χ1n) is 8.79. The van der Waals surface area contributed by atoms with Crippen molar-refractivity contribution in [3.63, 3.8) is 0 Å². The van der Waals surface area contributed by atoms with Crippen LogP contribution in [0.25, 0.3) is 17.1 Å². The van der Waals surface area contributed by atoms with E-state index in [1.54, 1.807) is 12.1 Å². The van der Waals surface area contributed by atoms with Gasteiger partial charge in [0.05, 0.1) is 6.10 Å². The largest absolute Gasteiger partial charge is 0.387 e. The summed E-state index contributed by atoms with van der Waals surface area (Å²) in [5.41, 5.74) is 2.46. The SMILES string of the molecule is O=C(NC[C@H](O)c1ccccc1)c1nc(-c2ccc(-n3cccc3)cc2)no1. The van der Waals surface area contributed by atoms with Crippen molar-refractivity contribution in [1.82, 2.24) is 20.0 Å². The smallest absolute Gasteiger partial charge is 0.316 e. The van der Waals surface area contributed by atoms with Crippen LogP contribution in [0.1, 0.15) is 22.4 Å². The number of amides is 1. The van der Waals surface area contributed by atoms with E-state index in [4.69, 9.17) is 4.52 Å². The molecule has 7 heteroatoms. The van der Waals surface area contributed by atoms with Gasteiger partial charge in [0, 0.05) is 30.2 Å². The number of aromatic nitrogens is 3. The number of hydrogen-bond acceptors (Lipinski definition) is 5. The van der Waals surface area contributed by atoms with E-state index in [0.717, 1.165) is 16.8 Å². The van der Waals surface area contributed by atoms with Crippen molar-refractivity contribution in [2.45, 2.75) is 6.10 Å². The van der Waals surface area contributed by atoms with Crippen LogP contribution in [0.4, 0.5) is 0 Å². The van der Waals surface area contributed by atoms with E-state index in [9.17, 15) is 9.90 Å². The van der Waals surface area contributed by atoms with E-state index < -0.39 is 12.0 Å². The van der Waals surface area contributed by atoms with Crippen LogP contribution in [0, 0.1) is 0 Å². The molecule has 2 aromatic carbocycles. The van der Waals surface area contributed by atoms with E-state index in [1.807, 2.05) is 71.6 Å². The Morgan fingerprint density at radius 1 is 1.04 bits per heavy atom. The van der Waals surface area contributed by atoms with E-state index in [2.05, 4.69) is 15.5 Å². The van der Waals surface area contributed by atoms with Crippen molar-refractivity contribution in [2.75, 3.05) is 6.54 Å². The van der Waals surface area contributed by atoms with Gasteiger partial charge in [-0.25, -0.2) is 0 Å². The molecule has 4 aromatic rings. The number of aliphatic hydroxyl groups is 1. The molecule has 2 heterocycles. The number of carbonyl (C=O) groups excluding carboxylic acids is 1. The Labute approximate surface area is 161 Å². The van der Waals surface area contributed by atoms with Gasteiger partial charge in [0.1, 0.15) is 0 Å². The third kappa shape index (κ3) is 3.84. The first-order chi connectivity index (χ1) is 13.7. The zero-order valence-corrected chi connectivity index (χ0v) is 14.9. The Hall–Kier alpha value is -3.71. The average molecular weight is 374 g/mol. The molecule has 4 rings (SSSR count). The van der Waals surface area contributed by atoms with Crippen LogP contribution in [-0.4, -0.2) is 32.3 Å². The minimum absolute atomic E-state index is 0.0477. The monoisotopic (exact) mass is 374 g/mol. The summed E-state index contributed by atoms with van der Waals surface area (Å²) in [7, 11) is 0. The highest BCUT2D eigenvalue weighted by molar-refractivity contribution is 5.89. The predicted octanol–water partition coefficient (Wildman–Crippen LogP) is 2.99. The molecule has 0 aliphatic carbocycles. The lowest BCUT2D eigenvalue weighted by atomic mass is 10.1. The van der Waals surface area contributed by atoms with Crippen LogP contribution in [0.5, 0.6) is 0 Å². The summed E-state index contributed by atoms with van der Waals surface area (Å²) in [5.74, 6) is -0.352. The fraction of sp³-hybridized carbons (Fsp3) is 0.0952. The number of aliphatic hydroxyl groups excluding tert-OH is 1. The maximum Gasteiger partial charge on any atom is 0.316 e. The molecule has 28 heavy (non-hydrogen) atoms. The third-order valence-corrected chi connectivity index (χ3v) is 4.29. The highest BCUT2D eigenvalue weighted by Gasteiger charge is 2.17. The first-order valence-corrected chi connectivity index (χ1v) is 8.79. The minimum atomic E-state index is -0.811. The molecule has 0 unspecified atom stereocenters. The zero-order chi connectivity index (χ0) is 19.3. The summed E-state index contributed by atoms with van der Waals surface area (Å²) in [4.78, 5) is 16.4. The molecule has 1 atom stereocenters. The number of rotatable bonds is 6. The fourth-order valence-electron chi connectivity index (χ4n) is 2.78. The molecule has 2 N–H and O–H groups in total. The molecule has 2 aromatic heterocycles. The van der Waals surface area contributed by atoms with Crippen molar-refractivity contribution < 1.29 is 14.4 Å². The Morgan fingerprint density at radius 3 is 2.46 bits per heavy atom. The summed E-state index contributed by atoms with van der Waals surface area (Å²) in [6.45, 7) is 0.0477. The number of nitrogens with zero attached hydrogens (tertiary/aromatic N) is 3.